The maximum Gasteiger partial charge on any atom is 0.265 e. The molecule has 0 aliphatic carbocycles. The summed E-state index contributed by atoms with van der Waals surface area (Å²) in [5.41, 5.74) is 1.62. The van der Waals surface area contributed by atoms with Gasteiger partial charge in [-0.05, 0) is 48.5 Å². The van der Waals surface area contributed by atoms with Gasteiger partial charge in [0.1, 0.15) is 17.5 Å². The number of hydrogen-bond acceptors (Lipinski definition) is 5. The molecule has 2 N–H and O–H groups in total. The highest BCUT2D eigenvalue weighted by Crippen LogP contribution is 2.33. The molecule has 1 unspecified atom stereocenters. The zero-order valence-corrected chi connectivity index (χ0v) is 18.0. The predicted octanol–water partition coefficient (Wildman–Crippen LogP) is 3.46. The molecule has 3 amide bonds. The molecule has 168 valence electrons. The van der Waals surface area contributed by atoms with Crippen molar-refractivity contribution in [2.24, 2.45) is 0 Å². The third-order valence-corrected chi connectivity index (χ3v) is 5.16. The van der Waals surface area contributed by atoms with Crippen LogP contribution in [0.25, 0.3) is 0 Å². The molecule has 0 saturated carbocycles. The molecule has 8 heteroatoms. The first-order chi connectivity index (χ1) is 16.0. The number of nitrogens with zero attached hydrogens (tertiary/aromatic N) is 1. The summed E-state index contributed by atoms with van der Waals surface area (Å²) in [5.74, 6) is -0.105. The van der Waals surface area contributed by atoms with Crippen LogP contribution in [0.2, 0.25) is 0 Å². The van der Waals surface area contributed by atoms with Crippen molar-refractivity contribution in [2.75, 3.05) is 29.3 Å². The third-order valence-electron chi connectivity index (χ3n) is 5.16. The van der Waals surface area contributed by atoms with E-state index >= 15 is 0 Å². The van der Waals surface area contributed by atoms with Gasteiger partial charge in [0.05, 0.1) is 24.9 Å². The van der Waals surface area contributed by atoms with Gasteiger partial charge in [-0.25, -0.2) is 0 Å². The second kappa shape index (κ2) is 9.86. The number of fused-ring (bicyclic) bond motifs is 1. The number of carbonyl (C=O) groups is 3. The van der Waals surface area contributed by atoms with Crippen molar-refractivity contribution in [3.8, 4) is 11.5 Å². The maximum atomic E-state index is 13.2. The van der Waals surface area contributed by atoms with E-state index in [0.29, 0.717) is 28.6 Å². The molecule has 0 spiro atoms. The molecular weight excluding hydrogens is 422 g/mol. The summed E-state index contributed by atoms with van der Waals surface area (Å²) >= 11 is 0. The molecule has 3 aromatic carbocycles. The van der Waals surface area contributed by atoms with E-state index in [9.17, 15) is 14.4 Å². The van der Waals surface area contributed by atoms with Crippen LogP contribution in [0, 0.1) is 0 Å². The summed E-state index contributed by atoms with van der Waals surface area (Å²) in [6.07, 6.45) is -0.205. The molecule has 1 aliphatic rings. The lowest BCUT2D eigenvalue weighted by molar-refractivity contribution is -0.127. The first kappa shape index (κ1) is 21.9. The van der Waals surface area contributed by atoms with Crippen LogP contribution >= 0.6 is 0 Å². The smallest absolute Gasteiger partial charge is 0.265 e. The molecule has 0 aromatic heterocycles. The van der Waals surface area contributed by atoms with Crippen LogP contribution in [0.15, 0.2) is 78.9 Å². The highest BCUT2D eigenvalue weighted by molar-refractivity contribution is 6.14. The second-order valence-electron chi connectivity index (χ2n) is 7.37. The van der Waals surface area contributed by atoms with E-state index in [1.54, 1.807) is 79.9 Å². The summed E-state index contributed by atoms with van der Waals surface area (Å²) < 4.78 is 10.8. The van der Waals surface area contributed by atoms with E-state index < -0.39 is 17.9 Å². The number of para-hydroxylation sites is 3. The van der Waals surface area contributed by atoms with E-state index in [4.69, 9.17) is 9.47 Å². The summed E-state index contributed by atoms with van der Waals surface area (Å²) in [6.45, 7) is -0.301. The predicted molar refractivity (Wildman–Crippen MR) is 125 cm³/mol. The largest absolute Gasteiger partial charge is 0.497 e. The average Bonchev–Trinajstić information content (AvgIpc) is 2.84. The molecule has 33 heavy (non-hydrogen) atoms. The monoisotopic (exact) mass is 445 g/mol. The molecule has 0 fully saturated rings. The van der Waals surface area contributed by atoms with Gasteiger partial charge in [0.25, 0.3) is 5.91 Å². The zero-order chi connectivity index (χ0) is 23.2. The number of nitrogens with one attached hydrogen (secondary N) is 2. The van der Waals surface area contributed by atoms with Gasteiger partial charge in [-0.1, -0.05) is 30.3 Å². The van der Waals surface area contributed by atoms with Crippen molar-refractivity contribution in [1.29, 1.82) is 0 Å². The quantitative estimate of drug-likeness (QED) is 0.581. The SMILES string of the molecule is COc1ccc(OCC(=O)N2c3ccccc3NC(=O)C2CC(=O)Nc2ccccc2)cc1. The molecule has 0 saturated heterocycles. The number of hydrogen-bond donors (Lipinski definition) is 2. The zero-order valence-electron chi connectivity index (χ0n) is 18.0. The molecule has 1 heterocycles. The van der Waals surface area contributed by atoms with Crippen molar-refractivity contribution in [3.63, 3.8) is 0 Å². The van der Waals surface area contributed by atoms with Gasteiger partial charge in [-0.2, -0.15) is 0 Å². The molecule has 3 aromatic rings. The number of rotatable bonds is 7. The first-order valence-electron chi connectivity index (χ1n) is 10.4. The molecule has 8 nitrogen and oxygen atoms in total. The van der Waals surface area contributed by atoms with Gasteiger partial charge in [0, 0.05) is 5.69 Å². The Labute approximate surface area is 191 Å². The van der Waals surface area contributed by atoms with Gasteiger partial charge in [-0.15, -0.1) is 0 Å². The Balaban J connectivity index is 1.53. The van der Waals surface area contributed by atoms with E-state index in [-0.39, 0.29) is 18.9 Å². The molecule has 0 radical (unpaired) electrons. The van der Waals surface area contributed by atoms with Crippen LogP contribution in [-0.4, -0.2) is 37.5 Å². The minimum absolute atomic E-state index is 0.205. The van der Waals surface area contributed by atoms with E-state index in [2.05, 4.69) is 10.6 Å². The molecule has 1 aliphatic heterocycles. The molecule has 0 bridgehead atoms. The highest BCUT2D eigenvalue weighted by atomic mass is 16.5. The standard InChI is InChI=1S/C25H23N3O5/c1-32-18-11-13-19(14-12-18)33-16-24(30)28-21-10-6-5-9-20(21)27-25(31)22(28)15-23(29)26-17-7-3-2-4-8-17/h2-14,22H,15-16H2,1H3,(H,26,29)(H,27,31). The van der Waals surface area contributed by atoms with Crippen LogP contribution in [0.4, 0.5) is 17.1 Å². The van der Waals surface area contributed by atoms with Gasteiger partial charge in [0.15, 0.2) is 6.61 Å². The van der Waals surface area contributed by atoms with Crippen molar-refractivity contribution >= 4 is 34.8 Å². The number of methoxy groups -OCH3 is 1. The Bertz CT molecular complexity index is 1150. The van der Waals surface area contributed by atoms with E-state index in [1.165, 1.54) is 4.90 Å². The second-order valence-corrected chi connectivity index (χ2v) is 7.37. The van der Waals surface area contributed by atoms with Crippen molar-refractivity contribution < 1.29 is 23.9 Å². The molecular formula is C25H23N3O5. The fourth-order valence-corrected chi connectivity index (χ4v) is 3.58. The lowest BCUT2D eigenvalue weighted by Gasteiger charge is -2.36. The first-order valence-corrected chi connectivity index (χ1v) is 10.4. The van der Waals surface area contributed by atoms with Gasteiger partial charge in [-0.3, -0.25) is 19.3 Å². The number of ether oxygens (including phenoxy) is 2. The fourth-order valence-electron chi connectivity index (χ4n) is 3.58. The van der Waals surface area contributed by atoms with Crippen molar-refractivity contribution in [1.82, 2.24) is 0 Å². The van der Waals surface area contributed by atoms with Crippen LogP contribution in [0.1, 0.15) is 6.42 Å². The average molecular weight is 445 g/mol. The van der Waals surface area contributed by atoms with Gasteiger partial charge >= 0.3 is 0 Å². The number of carbonyl (C=O) groups excluding carboxylic acids is 3. The van der Waals surface area contributed by atoms with Crippen LogP contribution in [-0.2, 0) is 14.4 Å². The topological polar surface area (TPSA) is 97.0 Å². The van der Waals surface area contributed by atoms with E-state index in [1.807, 2.05) is 6.07 Å². The third kappa shape index (κ3) is 5.12. The number of anilines is 3. The summed E-state index contributed by atoms with van der Waals surface area (Å²) in [4.78, 5) is 40.1. The lowest BCUT2D eigenvalue weighted by Crippen LogP contribution is -2.53. The Morgan fingerprint density at radius 2 is 1.61 bits per heavy atom. The van der Waals surface area contributed by atoms with Crippen LogP contribution in [0.5, 0.6) is 11.5 Å². The molecule has 1 atom stereocenters. The molecule has 4 rings (SSSR count). The number of amides is 3. The number of benzene rings is 3. The Morgan fingerprint density at radius 1 is 0.939 bits per heavy atom. The van der Waals surface area contributed by atoms with Crippen molar-refractivity contribution in [2.45, 2.75) is 12.5 Å². The maximum absolute atomic E-state index is 13.2. The summed E-state index contributed by atoms with van der Waals surface area (Å²) in [7, 11) is 1.56. The van der Waals surface area contributed by atoms with Gasteiger partial charge < -0.3 is 20.1 Å². The van der Waals surface area contributed by atoms with Crippen LogP contribution in [0.3, 0.4) is 0 Å². The normalized spacial score (nSPS) is 14.6. The Morgan fingerprint density at radius 3 is 2.33 bits per heavy atom. The van der Waals surface area contributed by atoms with E-state index in [0.717, 1.165) is 0 Å². The minimum Gasteiger partial charge on any atom is -0.497 e. The van der Waals surface area contributed by atoms with Crippen LogP contribution < -0.4 is 25.0 Å². The Kier molecular flexibility index (Phi) is 6.54. The fraction of sp³-hybridized carbons (Fsp3) is 0.160. The summed E-state index contributed by atoms with van der Waals surface area (Å²) in [6, 6.07) is 21.7. The van der Waals surface area contributed by atoms with Crippen molar-refractivity contribution in [3.05, 3.63) is 78.9 Å². The minimum atomic E-state index is -1.02. The lowest BCUT2D eigenvalue weighted by atomic mass is 10.0. The highest BCUT2D eigenvalue weighted by Gasteiger charge is 2.38. The Hall–Kier alpha value is -4.33. The van der Waals surface area contributed by atoms with Gasteiger partial charge in [0.2, 0.25) is 11.8 Å². The summed E-state index contributed by atoms with van der Waals surface area (Å²) in [5, 5.41) is 5.54.